The van der Waals surface area contributed by atoms with Gasteiger partial charge in [-0.1, -0.05) is 0 Å². The smallest absolute Gasteiger partial charge is 0.340 e. The van der Waals surface area contributed by atoms with Crippen LogP contribution in [0.3, 0.4) is 0 Å². The molecule has 0 bridgehead atoms. The number of esters is 1. The molecule has 12 heavy (non-hydrogen) atoms. The fraction of sp³-hybridized carbons (Fsp3) is 0.143. The van der Waals surface area contributed by atoms with Gasteiger partial charge in [-0.2, -0.15) is 0 Å². The van der Waals surface area contributed by atoms with E-state index < -0.39 is 5.97 Å². The van der Waals surface area contributed by atoms with Crippen molar-refractivity contribution in [1.29, 1.82) is 0 Å². The Morgan fingerprint density at radius 2 is 2.42 bits per heavy atom. The first kappa shape index (κ1) is 8.99. The van der Waals surface area contributed by atoms with Crippen molar-refractivity contribution in [3.05, 3.63) is 21.9 Å². The molecule has 0 aliphatic heterocycles. The van der Waals surface area contributed by atoms with Crippen LogP contribution in [0.1, 0.15) is 20.8 Å². The number of methoxy groups -OCH3 is 1. The molecule has 1 heterocycles. The van der Waals surface area contributed by atoms with Crippen LogP contribution in [0.25, 0.3) is 0 Å². The number of carbonyl (C=O) groups is 2. The zero-order chi connectivity index (χ0) is 9.14. The number of aldehydes is 1. The van der Waals surface area contributed by atoms with Gasteiger partial charge in [-0.25, -0.2) is 4.79 Å². The molecular weight excluding hydrogens is 226 g/mol. The van der Waals surface area contributed by atoms with Gasteiger partial charge in [0, 0.05) is 0 Å². The van der Waals surface area contributed by atoms with Crippen molar-refractivity contribution < 1.29 is 14.3 Å². The van der Waals surface area contributed by atoms with Crippen molar-refractivity contribution in [3.63, 3.8) is 0 Å². The Bertz CT molecular complexity index is 318. The minimum atomic E-state index is -0.529. The van der Waals surface area contributed by atoms with E-state index in [1.165, 1.54) is 13.2 Å². The fourth-order valence-electron chi connectivity index (χ4n) is 0.808. The molecule has 0 aromatic carbocycles. The number of carbonyl (C=O) groups excluding carboxylic acids is 2. The zero-order valence-corrected chi connectivity index (χ0v) is 7.84. The Morgan fingerprint density at radius 3 is 2.92 bits per heavy atom. The fourth-order valence-corrected chi connectivity index (χ4v) is 1.25. The summed E-state index contributed by atoms with van der Waals surface area (Å²) in [5.41, 5.74) is 0.452. The second kappa shape index (κ2) is 3.53. The third kappa shape index (κ3) is 1.55. The van der Waals surface area contributed by atoms with Gasteiger partial charge in [0.2, 0.25) is 0 Å². The second-order valence-electron chi connectivity index (χ2n) is 2.05. The van der Waals surface area contributed by atoms with Gasteiger partial charge in [0.15, 0.2) is 6.29 Å². The van der Waals surface area contributed by atoms with E-state index in [0.717, 1.165) is 0 Å². The lowest BCUT2D eigenvalue weighted by atomic mass is 10.2. The highest BCUT2D eigenvalue weighted by molar-refractivity contribution is 9.10. The van der Waals surface area contributed by atoms with Crippen LogP contribution in [-0.2, 0) is 4.74 Å². The van der Waals surface area contributed by atoms with Crippen LogP contribution >= 0.6 is 15.9 Å². The number of halogens is 1. The van der Waals surface area contributed by atoms with E-state index in [1.807, 2.05) is 0 Å². The average Bonchev–Trinajstić information content (AvgIpc) is 2.45. The van der Waals surface area contributed by atoms with Gasteiger partial charge in [0.25, 0.3) is 0 Å². The van der Waals surface area contributed by atoms with Crippen LogP contribution in [0.5, 0.6) is 0 Å². The van der Waals surface area contributed by atoms with E-state index in [4.69, 9.17) is 0 Å². The monoisotopic (exact) mass is 231 g/mol. The zero-order valence-electron chi connectivity index (χ0n) is 6.26. The normalized spacial score (nSPS) is 9.50. The van der Waals surface area contributed by atoms with Gasteiger partial charge in [-0.05, 0) is 22.0 Å². The van der Waals surface area contributed by atoms with E-state index >= 15 is 0 Å². The molecule has 0 saturated heterocycles. The summed E-state index contributed by atoms with van der Waals surface area (Å²) in [6, 6.07) is 1.50. The third-order valence-corrected chi connectivity index (χ3v) is 1.77. The molecule has 0 amide bonds. The third-order valence-electron chi connectivity index (χ3n) is 1.34. The predicted octanol–water partition coefficient (Wildman–Crippen LogP) is 1.38. The van der Waals surface area contributed by atoms with Crippen molar-refractivity contribution in [2.24, 2.45) is 0 Å². The number of nitrogens with one attached hydrogen (secondary N) is 1. The van der Waals surface area contributed by atoms with Crippen LogP contribution in [0.4, 0.5) is 0 Å². The Balaban J connectivity index is 3.12. The molecule has 1 aromatic rings. The summed E-state index contributed by atoms with van der Waals surface area (Å²) < 4.78 is 5.03. The SMILES string of the molecule is COC(=O)c1cc(Br)[nH]c1C=O. The summed E-state index contributed by atoms with van der Waals surface area (Å²) in [6.07, 6.45) is 0.566. The Kier molecular flexibility index (Phi) is 2.65. The largest absolute Gasteiger partial charge is 0.465 e. The molecule has 0 radical (unpaired) electrons. The van der Waals surface area contributed by atoms with Crippen LogP contribution in [0.15, 0.2) is 10.7 Å². The van der Waals surface area contributed by atoms with E-state index in [0.29, 0.717) is 10.9 Å². The summed E-state index contributed by atoms with van der Waals surface area (Å²) >= 11 is 3.10. The van der Waals surface area contributed by atoms with Gasteiger partial charge < -0.3 is 9.72 Å². The molecule has 0 unspecified atom stereocenters. The minimum absolute atomic E-state index is 0.216. The highest BCUT2D eigenvalue weighted by Crippen LogP contribution is 2.14. The molecule has 4 nitrogen and oxygen atoms in total. The maximum absolute atomic E-state index is 11.0. The minimum Gasteiger partial charge on any atom is -0.465 e. The van der Waals surface area contributed by atoms with Crippen LogP contribution < -0.4 is 0 Å². The highest BCUT2D eigenvalue weighted by atomic mass is 79.9. The lowest BCUT2D eigenvalue weighted by Crippen LogP contribution is -2.02. The lowest BCUT2D eigenvalue weighted by molar-refractivity contribution is 0.0598. The molecule has 1 aromatic heterocycles. The van der Waals surface area contributed by atoms with Crippen molar-refractivity contribution in [1.82, 2.24) is 4.98 Å². The van der Waals surface area contributed by atoms with Crippen molar-refractivity contribution >= 4 is 28.2 Å². The number of hydrogen-bond acceptors (Lipinski definition) is 3. The Morgan fingerprint density at radius 1 is 1.75 bits per heavy atom. The summed E-state index contributed by atoms with van der Waals surface area (Å²) in [5, 5.41) is 0. The average molecular weight is 232 g/mol. The van der Waals surface area contributed by atoms with E-state index in [9.17, 15) is 9.59 Å². The first-order valence-electron chi connectivity index (χ1n) is 3.11. The first-order valence-corrected chi connectivity index (χ1v) is 3.90. The molecule has 0 aliphatic rings. The quantitative estimate of drug-likeness (QED) is 0.618. The van der Waals surface area contributed by atoms with Crippen molar-refractivity contribution in [2.45, 2.75) is 0 Å². The van der Waals surface area contributed by atoms with E-state index in [-0.39, 0.29) is 11.3 Å². The molecule has 5 heteroatoms. The summed E-state index contributed by atoms with van der Waals surface area (Å²) in [5.74, 6) is -0.529. The van der Waals surface area contributed by atoms with Gasteiger partial charge in [0.05, 0.1) is 23.0 Å². The topological polar surface area (TPSA) is 59.2 Å². The maximum Gasteiger partial charge on any atom is 0.340 e. The van der Waals surface area contributed by atoms with Crippen molar-refractivity contribution in [3.8, 4) is 0 Å². The lowest BCUT2D eigenvalue weighted by Gasteiger charge is -1.94. The van der Waals surface area contributed by atoms with Crippen LogP contribution in [0.2, 0.25) is 0 Å². The number of H-pyrrole nitrogens is 1. The molecule has 0 aliphatic carbocycles. The standard InChI is InChI=1S/C7H6BrNO3/c1-12-7(11)4-2-6(8)9-5(4)3-10/h2-3,9H,1H3. The van der Waals surface area contributed by atoms with Gasteiger partial charge in [-0.15, -0.1) is 0 Å². The predicted molar refractivity (Wildman–Crippen MR) is 45.2 cm³/mol. The molecule has 0 spiro atoms. The summed E-state index contributed by atoms with van der Waals surface area (Å²) in [7, 11) is 1.26. The number of hydrogen-bond donors (Lipinski definition) is 1. The maximum atomic E-state index is 11.0. The molecule has 0 fully saturated rings. The second-order valence-corrected chi connectivity index (χ2v) is 2.91. The summed E-state index contributed by atoms with van der Waals surface area (Å²) in [6.45, 7) is 0. The molecule has 1 N–H and O–H groups in total. The molecular formula is C7H6BrNO3. The first-order chi connectivity index (χ1) is 5.69. The number of aromatic amines is 1. The summed E-state index contributed by atoms with van der Waals surface area (Å²) in [4.78, 5) is 24.0. The van der Waals surface area contributed by atoms with Crippen molar-refractivity contribution in [2.75, 3.05) is 7.11 Å². The molecule has 0 saturated carbocycles. The van der Waals surface area contributed by atoms with Gasteiger partial charge in [0.1, 0.15) is 0 Å². The number of aromatic nitrogens is 1. The highest BCUT2D eigenvalue weighted by Gasteiger charge is 2.13. The molecule has 64 valence electrons. The Hall–Kier alpha value is -1.10. The molecule has 1 rings (SSSR count). The Labute approximate surface area is 77.0 Å². The van der Waals surface area contributed by atoms with Crippen LogP contribution in [-0.4, -0.2) is 24.3 Å². The number of rotatable bonds is 2. The van der Waals surface area contributed by atoms with Gasteiger partial charge >= 0.3 is 5.97 Å². The van der Waals surface area contributed by atoms with E-state index in [2.05, 4.69) is 25.7 Å². The molecule has 0 atom stereocenters. The number of ether oxygens (including phenoxy) is 1. The van der Waals surface area contributed by atoms with Crippen LogP contribution in [0, 0.1) is 0 Å². The van der Waals surface area contributed by atoms with Gasteiger partial charge in [-0.3, -0.25) is 4.79 Å². The van der Waals surface area contributed by atoms with E-state index in [1.54, 1.807) is 0 Å².